The normalized spacial score (nSPS) is 30.3. The molecule has 1 aromatic rings. The van der Waals surface area contributed by atoms with Gasteiger partial charge in [-0.2, -0.15) is 0 Å². The number of hydrogen-bond donors (Lipinski definition) is 1. The van der Waals surface area contributed by atoms with Gasteiger partial charge in [-0.15, -0.1) is 0 Å². The van der Waals surface area contributed by atoms with E-state index in [0.717, 1.165) is 18.4 Å². The topological polar surface area (TPSA) is 49.8 Å². The molecule has 1 amide bonds. The van der Waals surface area contributed by atoms with Crippen LogP contribution in [0.1, 0.15) is 31.2 Å². The number of hydrogen-bond acceptors (Lipinski definition) is 3. The Bertz CT molecular complexity index is 562. The summed E-state index contributed by atoms with van der Waals surface area (Å²) in [6.45, 7) is -0.282. The number of amides is 1. The molecule has 0 aliphatic carbocycles. The number of aliphatic hydroxyl groups is 1. The first-order chi connectivity index (χ1) is 10.8. The summed E-state index contributed by atoms with van der Waals surface area (Å²) in [6, 6.07) is 9.49. The van der Waals surface area contributed by atoms with E-state index in [1.165, 1.54) is 0 Å². The van der Waals surface area contributed by atoms with Crippen molar-refractivity contribution >= 4 is 40.9 Å². The van der Waals surface area contributed by atoms with Crippen LogP contribution >= 0.6 is 34.8 Å². The molecule has 126 valence electrons. The second-order valence-corrected chi connectivity index (χ2v) is 8.78. The van der Waals surface area contributed by atoms with E-state index < -0.39 is 15.5 Å². The third kappa shape index (κ3) is 3.71. The van der Waals surface area contributed by atoms with Crippen molar-refractivity contribution in [1.82, 2.24) is 4.90 Å². The minimum atomic E-state index is -1.62. The van der Waals surface area contributed by atoms with Gasteiger partial charge in [0.25, 0.3) is 0 Å². The molecule has 2 saturated heterocycles. The van der Waals surface area contributed by atoms with Gasteiger partial charge in [-0.25, -0.2) is 4.79 Å². The second-order valence-electron chi connectivity index (χ2n) is 6.27. The molecule has 0 spiro atoms. The number of rotatable bonds is 2. The van der Waals surface area contributed by atoms with Crippen LogP contribution in [0.2, 0.25) is 0 Å². The summed E-state index contributed by atoms with van der Waals surface area (Å²) in [4.78, 5) is 14.0. The Morgan fingerprint density at radius 1 is 1.22 bits per heavy atom. The third-order valence-electron chi connectivity index (χ3n) is 4.65. The van der Waals surface area contributed by atoms with E-state index in [1.807, 2.05) is 30.3 Å². The predicted octanol–water partition coefficient (Wildman–Crippen LogP) is 4.01. The van der Waals surface area contributed by atoms with Crippen molar-refractivity contribution in [2.75, 3.05) is 6.61 Å². The van der Waals surface area contributed by atoms with Crippen LogP contribution in [-0.4, -0.2) is 38.6 Å². The lowest BCUT2D eigenvalue weighted by Crippen LogP contribution is -2.52. The van der Waals surface area contributed by atoms with Crippen molar-refractivity contribution in [1.29, 1.82) is 0 Å². The second kappa shape index (κ2) is 6.32. The fraction of sp³-hybridized carbons (Fsp3) is 0.562. The molecule has 2 unspecified atom stereocenters. The number of fused-ring (bicyclic) bond motifs is 2. The molecule has 2 fully saturated rings. The molecule has 3 rings (SSSR count). The Labute approximate surface area is 150 Å². The monoisotopic (exact) mass is 377 g/mol. The molecule has 1 aromatic carbocycles. The average Bonchev–Trinajstić information content (AvgIpc) is 2.78. The summed E-state index contributed by atoms with van der Waals surface area (Å²) >= 11 is 16.9. The molecule has 2 bridgehead atoms. The van der Waals surface area contributed by atoms with Crippen LogP contribution in [0.25, 0.3) is 0 Å². The fourth-order valence-electron chi connectivity index (χ4n) is 3.73. The zero-order valence-corrected chi connectivity index (χ0v) is 14.7. The lowest BCUT2D eigenvalue weighted by molar-refractivity contribution is -0.0528. The molecular weight excluding hydrogens is 361 g/mol. The smallest absolute Gasteiger partial charge is 0.410 e. The van der Waals surface area contributed by atoms with Crippen molar-refractivity contribution in [2.24, 2.45) is 0 Å². The van der Waals surface area contributed by atoms with Gasteiger partial charge in [-0.1, -0.05) is 65.1 Å². The maximum absolute atomic E-state index is 12.3. The van der Waals surface area contributed by atoms with E-state index in [-0.39, 0.29) is 18.7 Å². The summed E-state index contributed by atoms with van der Waals surface area (Å²) < 4.78 is 3.49. The molecule has 0 aromatic heterocycles. The van der Waals surface area contributed by atoms with Gasteiger partial charge in [0, 0.05) is 24.9 Å². The highest BCUT2D eigenvalue weighted by Crippen LogP contribution is 2.46. The van der Waals surface area contributed by atoms with Gasteiger partial charge in [0.2, 0.25) is 3.79 Å². The summed E-state index contributed by atoms with van der Waals surface area (Å²) in [5, 5.41) is 11.0. The van der Waals surface area contributed by atoms with E-state index in [0.29, 0.717) is 12.8 Å². The molecule has 2 atom stereocenters. The molecular formula is C16H18Cl3NO3. The highest BCUT2D eigenvalue weighted by molar-refractivity contribution is 6.67. The number of carbonyl (C=O) groups excluding carboxylic acids is 1. The van der Waals surface area contributed by atoms with Crippen molar-refractivity contribution in [3.05, 3.63) is 35.9 Å². The number of alkyl halides is 3. The Kier molecular flexibility index (Phi) is 4.71. The first kappa shape index (κ1) is 17.2. The van der Waals surface area contributed by atoms with Gasteiger partial charge in [0.15, 0.2) is 0 Å². The summed E-state index contributed by atoms with van der Waals surface area (Å²) in [6.07, 6.45) is 2.22. The number of piperidine rings is 1. The number of nitrogens with zero attached hydrogens (tertiary/aromatic N) is 1. The standard InChI is InChI=1S/C16H18Cl3NO3/c17-16(18,19)10-23-14(21)20-12-6-7-13(20)9-15(22,8-12)11-4-2-1-3-5-11/h1-5,12-13,22H,6-10H2. The molecule has 0 saturated carbocycles. The maximum Gasteiger partial charge on any atom is 0.410 e. The van der Waals surface area contributed by atoms with E-state index in [1.54, 1.807) is 4.90 Å². The third-order valence-corrected chi connectivity index (χ3v) is 4.98. The zero-order valence-electron chi connectivity index (χ0n) is 12.4. The Hall–Kier alpha value is -0.680. The number of halogens is 3. The molecule has 7 heteroatoms. The van der Waals surface area contributed by atoms with Gasteiger partial charge in [0.05, 0.1) is 5.60 Å². The van der Waals surface area contributed by atoms with Crippen molar-refractivity contribution in [2.45, 2.75) is 47.2 Å². The SMILES string of the molecule is O=C(OCC(Cl)(Cl)Cl)N1C2CCC1CC(O)(c1ccccc1)C2. The highest BCUT2D eigenvalue weighted by Gasteiger charge is 2.50. The van der Waals surface area contributed by atoms with Gasteiger partial charge >= 0.3 is 6.09 Å². The molecule has 2 aliphatic rings. The number of carbonyl (C=O) groups is 1. The highest BCUT2D eigenvalue weighted by atomic mass is 35.6. The molecule has 4 nitrogen and oxygen atoms in total. The van der Waals surface area contributed by atoms with Gasteiger partial charge in [0.1, 0.15) is 6.61 Å². The minimum absolute atomic E-state index is 0.0539. The van der Waals surface area contributed by atoms with E-state index in [2.05, 4.69) is 0 Å². The Morgan fingerprint density at radius 2 is 1.78 bits per heavy atom. The Balaban J connectivity index is 1.71. The maximum atomic E-state index is 12.3. The van der Waals surface area contributed by atoms with Crippen molar-refractivity contribution in [3.63, 3.8) is 0 Å². The van der Waals surface area contributed by atoms with Crippen LogP contribution in [0.5, 0.6) is 0 Å². The fourth-order valence-corrected chi connectivity index (χ4v) is 3.89. The van der Waals surface area contributed by atoms with Crippen LogP contribution in [0.15, 0.2) is 30.3 Å². The van der Waals surface area contributed by atoms with Gasteiger partial charge in [-0.05, 0) is 18.4 Å². The minimum Gasteiger partial charge on any atom is -0.445 e. The lowest BCUT2D eigenvalue weighted by Gasteiger charge is -2.43. The van der Waals surface area contributed by atoms with Crippen LogP contribution in [0, 0.1) is 0 Å². The first-order valence-electron chi connectivity index (χ1n) is 7.58. The van der Waals surface area contributed by atoms with Crippen LogP contribution in [0.3, 0.4) is 0 Å². The van der Waals surface area contributed by atoms with Crippen LogP contribution in [0.4, 0.5) is 4.79 Å². The van der Waals surface area contributed by atoms with E-state index in [4.69, 9.17) is 39.5 Å². The van der Waals surface area contributed by atoms with E-state index in [9.17, 15) is 9.90 Å². The van der Waals surface area contributed by atoms with Crippen LogP contribution in [-0.2, 0) is 10.3 Å². The van der Waals surface area contributed by atoms with Crippen molar-refractivity contribution < 1.29 is 14.6 Å². The number of benzene rings is 1. The van der Waals surface area contributed by atoms with Gasteiger partial charge in [-0.3, -0.25) is 0 Å². The van der Waals surface area contributed by atoms with E-state index >= 15 is 0 Å². The molecule has 2 heterocycles. The number of ether oxygens (including phenoxy) is 1. The van der Waals surface area contributed by atoms with Crippen LogP contribution < -0.4 is 0 Å². The first-order valence-corrected chi connectivity index (χ1v) is 8.72. The predicted molar refractivity (Wildman–Crippen MR) is 89.9 cm³/mol. The average molecular weight is 379 g/mol. The van der Waals surface area contributed by atoms with Gasteiger partial charge < -0.3 is 14.7 Å². The summed E-state index contributed by atoms with van der Waals surface area (Å²) in [5.41, 5.74) is -0.00905. The summed E-state index contributed by atoms with van der Waals surface area (Å²) in [5.74, 6) is 0. The quantitative estimate of drug-likeness (QED) is 0.791. The molecule has 23 heavy (non-hydrogen) atoms. The molecule has 2 aliphatic heterocycles. The summed E-state index contributed by atoms with van der Waals surface area (Å²) in [7, 11) is 0. The lowest BCUT2D eigenvalue weighted by atomic mass is 9.81. The largest absolute Gasteiger partial charge is 0.445 e. The molecule has 0 radical (unpaired) electrons. The Morgan fingerprint density at radius 3 is 2.30 bits per heavy atom. The zero-order chi connectivity index (χ0) is 16.7. The van der Waals surface area contributed by atoms with Crippen molar-refractivity contribution in [3.8, 4) is 0 Å². The molecule has 1 N–H and O–H groups in total.